The van der Waals surface area contributed by atoms with Crippen molar-refractivity contribution in [2.75, 3.05) is 7.11 Å². The van der Waals surface area contributed by atoms with E-state index < -0.39 is 5.97 Å². The summed E-state index contributed by atoms with van der Waals surface area (Å²) in [4.78, 5) is 16.8. The Kier molecular flexibility index (Phi) is 6.65. The first-order chi connectivity index (χ1) is 13.2. The van der Waals surface area contributed by atoms with Crippen molar-refractivity contribution in [3.05, 3.63) is 72.1 Å². The first-order valence-corrected chi connectivity index (χ1v) is 9.89. The van der Waals surface area contributed by atoms with Crippen molar-refractivity contribution in [2.45, 2.75) is 0 Å². The standard InChI is InChI=1S/C19H9Cl6NO2/c1-28-19(27)8-6-13(9-2-4-11(20)17(24)15(9)22)26-14(7-8)10-3-5-12(21)18(25)16(10)23/h2-7H,1H3. The number of hydrogen-bond acceptors (Lipinski definition) is 3. The van der Waals surface area contributed by atoms with Gasteiger partial charge in [0.2, 0.25) is 0 Å². The largest absolute Gasteiger partial charge is 0.465 e. The number of rotatable bonds is 3. The summed E-state index contributed by atoms with van der Waals surface area (Å²) in [5.74, 6) is -0.558. The second-order valence-electron chi connectivity index (χ2n) is 5.56. The minimum atomic E-state index is -0.558. The molecule has 3 nitrogen and oxygen atoms in total. The maximum atomic E-state index is 12.2. The molecule has 0 aliphatic heterocycles. The van der Waals surface area contributed by atoms with E-state index >= 15 is 0 Å². The van der Waals surface area contributed by atoms with Crippen LogP contribution in [0.3, 0.4) is 0 Å². The molecule has 144 valence electrons. The summed E-state index contributed by atoms with van der Waals surface area (Å²) >= 11 is 37.0. The van der Waals surface area contributed by atoms with Crippen LogP contribution < -0.4 is 0 Å². The Morgan fingerprint density at radius 1 is 0.750 bits per heavy atom. The first kappa shape index (κ1) is 21.5. The van der Waals surface area contributed by atoms with E-state index in [0.717, 1.165) is 0 Å². The molecule has 0 atom stereocenters. The minimum absolute atomic E-state index is 0.181. The van der Waals surface area contributed by atoms with E-state index in [1.807, 2.05) is 0 Å². The van der Waals surface area contributed by atoms with Crippen molar-refractivity contribution >= 4 is 75.6 Å². The first-order valence-electron chi connectivity index (χ1n) is 7.62. The Balaban J connectivity index is 2.29. The summed E-state index contributed by atoms with van der Waals surface area (Å²) < 4.78 is 4.84. The number of benzene rings is 2. The molecule has 3 aromatic rings. The lowest BCUT2D eigenvalue weighted by atomic mass is 10.0. The van der Waals surface area contributed by atoms with Gasteiger partial charge in [-0.1, -0.05) is 69.6 Å². The molecule has 2 aromatic carbocycles. The van der Waals surface area contributed by atoms with E-state index in [2.05, 4.69) is 4.98 Å². The number of ether oxygens (including phenoxy) is 1. The molecule has 0 unspecified atom stereocenters. The van der Waals surface area contributed by atoms with Crippen LogP contribution in [0, 0.1) is 0 Å². The Labute approximate surface area is 191 Å². The third kappa shape index (κ3) is 4.06. The van der Waals surface area contributed by atoms with Gasteiger partial charge >= 0.3 is 5.97 Å². The number of esters is 1. The molecule has 0 N–H and O–H groups in total. The molecular weight excluding hydrogens is 487 g/mol. The molecule has 1 heterocycles. The quantitative estimate of drug-likeness (QED) is 0.272. The van der Waals surface area contributed by atoms with E-state index in [1.54, 1.807) is 24.3 Å². The molecule has 0 amide bonds. The summed E-state index contributed by atoms with van der Waals surface area (Å²) in [6.07, 6.45) is 0. The Morgan fingerprint density at radius 2 is 1.18 bits per heavy atom. The lowest BCUT2D eigenvalue weighted by Crippen LogP contribution is -2.03. The number of methoxy groups -OCH3 is 1. The van der Waals surface area contributed by atoms with Gasteiger partial charge in [-0.3, -0.25) is 0 Å². The van der Waals surface area contributed by atoms with Crippen LogP contribution in [0.5, 0.6) is 0 Å². The van der Waals surface area contributed by atoms with Gasteiger partial charge < -0.3 is 4.74 Å². The lowest BCUT2D eigenvalue weighted by Gasteiger charge is -2.12. The summed E-state index contributed by atoms with van der Waals surface area (Å²) in [7, 11) is 1.28. The summed E-state index contributed by atoms with van der Waals surface area (Å²) in [5, 5.41) is 1.37. The maximum absolute atomic E-state index is 12.2. The smallest absolute Gasteiger partial charge is 0.338 e. The van der Waals surface area contributed by atoms with Crippen LogP contribution in [0.15, 0.2) is 36.4 Å². The van der Waals surface area contributed by atoms with Crippen LogP contribution in [-0.2, 0) is 4.74 Å². The fourth-order valence-corrected chi connectivity index (χ4v) is 3.75. The summed E-state index contributed by atoms with van der Waals surface area (Å²) in [6, 6.07) is 9.55. The van der Waals surface area contributed by atoms with Crippen LogP contribution in [0.25, 0.3) is 22.5 Å². The van der Waals surface area contributed by atoms with E-state index in [9.17, 15) is 4.79 Å². The Bertz CT molecular complexity index is 1020. The number of hydrogen-bond donors (Lipinski definition) is 0. The predicted molar refractivity (Wildman–Crippen MR) is 117 cm³/mol. The van der Waals surface area contributed by atoms with Gasteiger partial charge in [0.25, 0.3) is 0 Å². The van der Waals surface area contributed by atoms with Gasteiger partial charge in [0.15, 0.2) is 0 Å². The predicted octanol–water partition coefficient (Wildman–Crippen LogP) is 8.12. The zero-order valence-electron chi connectivity index (χ0n) is 14.0. The average molecular weight is 496 g/mol. The summed E-state index contributed by atoms with van der Waals surface area (Å²) in [5.41, 5.74) is 1.97. The zero-order valence-corrected chi connectivity index (χ0v) is 18.5. The lowest BCUT2D eigenvalue weighted by molar-refractivity contribution is 0.0600. The van der Waals surface area contributed by atoms with Crippen LogP contribution >= 0.6 is 69.6 Å². The molecule has 0 fully saturated rings. The van der Waals surface area contributed by atoms with Gasteiger partial charge in [0.05, 0.1) is 54.2 Å². The molecule has 0 saturated carbocycles. The van der Waals surface area contributed by atoms with Crippen molar-refractivity contribution in [3.8, 4) is 22.5 Å². The zero-order chi connectivity index (χ0) is 20.6. The van der Waals surface area contributed by atoms with Crippen molar-refractivity contribution in [1.29, 1.82) is 0 Å². The highest BCUT2D eigenvalue weighted by atomic mass is 35.5. The third-order valence-electron chi connectivity index (χ3n) is 3.87. The molecule has 0 aliphatic rings. The van der Waals surface area contributed by atoms with Crippen molar-refractivity contribution in [2.24, 2.45) is 0 Å². The van der Waals surface area contributed by atoms with Crippen LogP contribution in [0.2, 0.25) is 30.1 Å². The maximum Gasteiger partial charge on any atom is 0.338 e. The van der Waals surface area contributed by atoms with E-state index in [4.69, 9.17) is 74.3 Å². The summed E-state index contributed by atoms with van der Waals surface area (Å²) in [6.45, 7) is 0. The van der Waals surface area contributed by atoms with Crippen LogP contribution in [0.1, 0.15) is 10.4 Å². The highest BCUT2D eigenvalue weighted by Crippen LogP contribution is 2.41. The molecule has 1 aromatic heterocycles. The van der Waals surface area contributed by atoms with Gasteiger partial charge in [0.1, 0.15) is 0 Å². The van der Waals surface area contributed by atoms with E-state index in [0.29, 0.717) is 32.6 Å². The van der Waals surface area contributed by atoms with Gasteiger partial charge in [-0.2, -0.15) is 0 Å². The SMILES string of the molecule is COC(=O)c1cc(-c2ccc(Cl)c(Cl)c2Cl)nc(-c2ccc(Cl)c(Cl)c2Cl)c1. The average Bonchev–Trinajstić information content (AvgIpc) is 2.69. The molecule has 0 saturated heterocycles. The van der Waals surface area contributed by atoms with Gasteiger partial charge in [-0.05, 0) is 36.4 Å². The molecule has 0 spiro atoms. The van der Waals surface area contributed by atoms with E-state index in [1.165, 1.54) is 19.2 Å². The molecule has 0 bridgehead atoms. The van der Waals surface area contributed by atoms with Crippen molar-refractivity contribution in [1.82, 2.24) is 4.98 Å². The van der Waals surface area contributed by atoms with Crippen LogP contribution in [0.4, 0.5) is 0 Å². The molecule has 0 radical (unpaired) electrons. The normalized spacial score (nSPS) is 10.8. The second kappa shape index (κ2) is 8.66. The molecular formula is C19H9Cl6NO2. The van der Waals surface area contributed by atoms with E-state index in [-0.39, 0.29) is 25.7 Å². The number of aromatic nitrogens is 1. The van der Waals surface area contributed by atoms with Crippen molar-refractivity contribution in [3.63, 3.8) is 0 Å². The molecule has 28 heavy (non-hydrogen) atoms. The monoisotopic (exact) mass is 493 g/mol. The Hall–Kier alpha value is -1.20. The number of halogens is 6. The number of carbonyl (C=O) groups is 1. The highest BCUT2D eigenvalue weighted by Gasteiger charge is 2.19. The molecule has 3 rings (SSSR count). The van der Waals surface area contributed by atoms with Crippen molar-refractivity contribution < 1.29 is 9.53 Å². The van der Waals surface area contributed by atoms with Gasteiger partial charge in [0, 0.05) is 11.1 Å². The topological polar surface area (TPSA) is 39.2 Å². The molecule has 9 heteroatoms. The fraction of sp³-hybridized carbons (Fsp3) is 0.0526. The molecule has 0 aliphatic carbocycles. The third-order valence-corrected chi connectivity index (χ3v) is 6.46. The minimum Gasteiger partial charge on any atom is -0.465 e. The highest BCUT2D eigenvalue weighted by molar-refractivity contribution is 6.49. The van der Waals surface area contributed by atoms with Gasteiger partial charge in [-0.25, -0.2) is 9.78 Å². The Morgan fingerprint density at radius 3 is 1.57 bits per heavy atom. The number of carbonyl (C=O) groups excluding carboxylic acids is 1. The number of pyridine rings is 1. The van der Waals surface area contributed by atoms with Gasteiger partial charge in [-0.15, -0.1) is 0 Å². The second-order valence-corrected chi connectivity index (χ2v) is 7.89. The fourth-order valence-electron chi connectivity index (χ4n) is 2.49. The van der Waals surface area contributed by atoms with Crippen LogP contribution in [-0.4, -0.2) is 18.1 Å². The number of nitrogens with zero attached hydrogens (tertiary/aromatic N) is 1.